The Bertz CT molecular complexity index is 1340. The van der Waals surface area contributed by atoms with Crippen LogP contribution in [0.1, 0.15) is 71.0 Å². The van der Waals surface area contributed by atoms with Crippen LogP contribution in [0.15, 0.2) is 60.7 Å². The number of carbonyl (C=O) groups is 6. The summed E-state index contributed by atoms with van der Waals surface area (Å²) in [4.78, 5) is 78.5. The second-order valence-electron chi connectivity index (χ2n) is 12.5. The molecule has 0 aliphatic carbocycles. The topological polar surface area (TPSA) is 163 Å². The maximum absolute atomic E-state index is 13.3. The summed E-state index contributed by atoms with van der Waals surface area (Å²) in [5, 5.41) is 10.4. The molecule has 1 saturated heterocycles. The standard InChI is InChI=1S/C34H45N5O7/c1-6-13-25(37-31(43)26-18-22(2)21-39(26)28(41)20-36-33(45)46-34(3,4)5)30(42)32(44)35-19-27(40)38-29(23-14-9-7-10-15-23)24-16-11-8-12-17-24/h7-12,14-17,22,25-26,29H,6,13,18-21H2,1-5H3,(H,35,44)(H,36,45)(H,37,43)(H,38,40)/t22-,25?,26+/m1/s1. The van der Waals surface area contributed by atoms with E-state index >= 15 is 0 Å². The molecule has 3 rings (SSSR count). The number of hydrogen-bond donors (Lipinski definition) is 4. The lowest BCUT2D eigenvalue weighted by molar-refractivity contribution is -0.142. The number of Topliss-reactive ketones (excluding diaryl/α,β-unsaturated/α-hetero) is 1. The van der Waals surface area contributed by atoms with E-state index < -0.39 is 65.8 Å². The molecule has 248 valence electrons. The number of ketones is 1. The number of amides is 5. The van der Waals surface area contributed by atoms with Gasteiger partial charge in [0.1, 0.15) is 18.2 Å². The first-order chi connectivity index (χ1) is 21.8. The Labute approximate surface area is 270 Å². The second-order valence-corrected chi connectivity index (χ2v) is 12.5. The summed E-state index contributed by atoms with van der Waals surface area (Å²) in [5.41, 5.74) is 0.968. The third kappa shape index (κ3) is 10.7. The minimum Gasteiger partial charge on any atom is -0.444 e. The SMILES string of the molecule is CCCC(NC(=O)[C@@H]1C[C@@H](C)CN1C(=O)CNC(=O)OC(C)(C)C)C(=O)C(=O)NCC(=O)NC(c1ccccc1)c1ccccc1. The summed E-state index contributed by atoms with van der Waals surface area (Å²) in [7, 11) is 0. The Balaban J connectivity index is 1.59. The summed E-state index contributed by atoms with van der Waals surface area (Å²) in [6, 6.07) is 16.2. The van der Waals surface area contributed by atoms with Crippen LogP contribution in [0, 0.1) is 5.92 Å². The number of nitrogens with one attached hydrogen (secondary N) is 4. The molecule has 2 aromatic rings. The molecule has 3 atom stereocenters. The number of rotatable bonds is 13. The zero-order chi connectivity index (χ0) is 33.9. The molecule has 0 radical (unpaired) electrons. The third-order valence-electron chi connectivity index (χ3n) is 7.33. The van der Waals surface area contributed by atoms with Crippen molar-refractivity contribution in [2.24, 2.45) is 5.92 Å². The van der Waals surface area contributed by atoms with E-state index in [1.165, 1.54) is 4.90 Å². The molecule has 46 heavy (non-hydrogen) atoms. The van der Waals surface area contributed by atoms with Gasteiger partial charge in [-0.3, -0.25) is 24.0 Å². The first-order valence-corrected chi connectivity index (χ1v) is 15.6. The largest absolute Gasteiger partial charge is 0.444 e. The zero-order valence-corrected chi connectivity index (χ0v) is 27.1. The molecule has 1 aliphatic rings. The van der Waals surface area contributed by atoms with Gasteiger partial charge in [0.05, 0.1) is 18.6 Å². The van der Waals surface area contributed by atoms with E-state index in [-0.39, 0.29) is 18.9 Å². The Hall–Kier alpha value is -4.74. The molecule has 0 saturated carbocycles. The molecule has 1 heterocycles. The highest BCUT2D eigenvalue weighted by Crippen LogP contribution is 2.24. The van der Waals surface area contributed by atoms with Gasteiger partial charge in [-0.2, -0.15) is 0 Å². The highest BCUT2D eigenvalue weighted by Gasteiger charge is 2.39. The van der Waals surface area contributed by atoms with E-state index in [0.717, 1.165) is 11.1 Å². The molecule has 1 fully saturated rings. The highest BCUT2D eigenvalue weighted by atomic mass is 16.6. The van der Waals surface area contributed by atoms with Gasteiger partial charge in [0.25, 0.3) is 5.91 Å². The first kappa shape index (κ1) is 35.7. The van der Waals surface area contributed by atoms with Crippen molar-refractivity contribution >= 4 is 35.5 Å². The summed E-state index contributed by atoms with van der Waals surface area (Å²) >= 11 is 0. The van der Waals surface area contributed by atoms with Gasteiger partial charge in [-0.05, 0) is 50.7 Å². The van der Waals surface area contributed by atoms with E-state index in [9.17, 15) is 28.8 Å². The number of benzene rings is 2. The predicted molar refractivity (Wildman–Crippen MR) is 171 cm³/mol. The molecule has 1 aliphatic heterocycles. The maximum atomic E-state index is 13.3. The second kappa shape index (κ2) is 16.5. The Morgan fingerprint density at radius 3 is 2.00 bits per heavy atom. The minimum atomic E-state index is -1.14. The van der Waals surface area contributed by atoms with Crippen LogP contribution in [-0.2, 0) is 28.7 Å². The molecule has 5 amide bonds. The molecule has 2 aromatic carbocycles. The lowest BCUT2D eigenvalue weighted by atomic mass is 9.99. The number of hydrogen-bond acceptors (Lipinski definition) is 7. The van der Waals surface area contributed by atoms with Gasteiger partial charge >= 0.3 is 6.09 Å². The molecule has 4 N–H and O–H groups in total. The Kier molecular flexibility index (Phi) is 12.8. The molecular formula is C34H45N5O7. The number of likely N-dealkylation sites (tertiary alicyclic amines) is 1. The van der Waals surface area contributed by atoms with Gasteiger partial charge in [0.15, 0.2) is 0 Å². The molecule has 0 bridgehead atoms. The van der Waals surface area contributed by atoms with Crippen LogP contribution in [0.3, 0.4) is 0 Å². The van der Waals surface area contributed by atoms with E-state index in [2.05, 4.69) is 21.3 Å². The fourth-order valence-electron chi connectivity index (χ4n) is 5.23. The highest BCUT2D eigenvalue weighted by molar-refractivity contribution is 6.38. The Morgan fingerprint density at radius 2 is 1.46 bits per heavy atom. The van der Waals surface area contributed by atoms with Crippen LogP contribution < -0.4 is 21.3 Å². The first-order valence-electron chi connectivity index (χ1n) is 15.6. The van der Waals surface area contributed by atoms with Gasteiger partial charge in [0, 0.05) is 6.54 Å². The average Bonchev–Trinajstić information content (AvgIpc) is 3.42. The van der Waals surface area contributed by atoms with Crippen molar-refractivity contribution in [3.8, 4) is 0 Å². The molecule has 12 nitrogen and oxygen atoms in total. The smallest absolute Gasteiger partial charge is 0.408 e. The Morgan fingerprint density at radius 1 is 0.870 bits per heavy atom. The van der Waals surface area contributed by atoms with E-state index in [4.69, 9.17) is 4.74 Å². The minimum absolute atomic E-state index is 0.000961. The van der Waals surface area contributed by atoms with Crippen molar-refractivity contribution in [2.75, 3.05) is 19.6 Å². The molecule has 1 unspecified atom stereocenters. The van der Waals surface area contributed by atoms with Crippen molar-refractivity contribution in [1.29, 1.82) is 0 Å². The maximum Gasteiger partial charge on any atom is 0.408 e. The fraction of sp³-hybridized carbons (Fsp3) is 0.471. The lowest BCUT2D eigenvalue weighted by Crippen LogP contribution is -2.54. The van der Waals surface area contributed by atoms with E-state index in [1.54, 1.807) is 27.7 Å². The van der Waals surface area contributed by atoms with Gasteiger partial charge in [0.2, 0.25) is 23.5 Å². The van der Waals surface area contributed by atoms with Gasteiger partial charge in [-0.25, -0.2) is 4.79 Å². The molecule has 12 heteroatoms. The molecule has 0 spiro atoms. The van der Waals surface area contributed by atoms with Gasteiger partial charge in [-0.1, -0.05) is 80.9 Å². The number of carbonyl (C=O) groups excluding carboxylic acids is 6. The van der Waals surface area contributed by atoms with Crippen LogP contribution in [0.5, 0.6) is 0 Å². The van der Waals surface area contributed by atoms with Crippen molar-refractivity contribution in [1.82, 2.24) is 26.2 Å². The summed E-state index contributed by atoms with van der Waals surface area (Å²) in [6.45, 7) is 8.29. The number of alkyl carbamates (subject to hydrolysis) is 1. The normalized spacial score (nSPS) is 16.7. The van der Waals surface area contributed by atoms with Crippen LogP contribution >= 0.6 is 0 Å². The van der Waals surface area contributed by atoms with Crippen LogP contribution in [0.25, 0.3) is 0 Å². The summed E-state index contributed by atoms with van der Waals surface area (Å²) in [6.07, 6.45) is 0.278. The molecular weight excluding hydrogens is 590 g/mol. The quantitative estimate of drug-likeness (QED) is 0.246. The van der Waals surface area contributed by atoms with Crippen LogP contribution in [0.4, 0.5) is 4.79 Å². The van der Waals surface area contributed by atoms with Crippen LogP contribution in [0.2, 0.25) is 0 Å². The number of ether oxygens (including phenoxy) is 1. The van der Waals surface area contributed by atoms with E-state index in [1.807, 2.05) is 67.6 Å². The van der Waals surface area contributed by atoms with Crippen molar-refractivity contribution in [2.45, 2.75) is 77.6 Å². The van der Waals surface area contributed by atoms with Gasteiger partial charge < -0.3 is 30.9 Å². The van der Waals surface area contributed by atoms with Crippen molar-refractivity contribution in [3.05, 3.63) is 71.8 Å². The van der Waals surface area contributed by atoms with Gasteiger partial charge in [-0.15, -0.1) is 0 Å². The number of nitrogens with zero attached hydrogens (tertiary/aromatic N) is 1. The zero-order valence-electron chi connectivity index (χ0n) is 27.1. The van der Waals surface area contributed by atoms with Crippen LogP contribution in [-0.4, -0.2) is 77.7 Å². The monoisotopic (exact) mass is 635 g/mol. The molecule has 0 aromatic heterocycles. The van der Waals surface area contributed by atoms with Crippen molar-refractivity contribution in [3.63, 3.8) is 0 Å². The summed E-state index contributed by atoms with van der Waals surface area (Å²) < 4.78 is 5.17. The average molecular weight is 636 g/mol. The summed E-state index contributed by atoms with van der Waals surface area (Å²) in [5.74, 6) is -3.43. The third-order valence-corrected chi connectivity index (χ3v) is 7.33. The van der Waals surface area contributed by atoms with E-state index in [0.29, 0.717) is 19.4 Å². The van der Waals surface area contributed by atoms with Crippen molar-refractivity contribution < 1.29 is 33.5 Å². The lowest BCUT2D eigenvalue weighted by Gasteiger charge is -2.26. The predicted octanol–water partition coefficient (Wildman–Crippen LogP) is 2.62. The fourth-order valence-corrected chi connectivity index (χ4v) is 5.23.